The Morgan fingerprint density at radius 1 is 1.61 bits per heavy atom. The van der Waals surface area contributed by atoms with Gasteiger partial charge in [0.2, 0.25) is 0 Å². The predicted octanol–water partition coefficient (Wildman–Crippen LogP) is 1.49. The molecule has 0 spiro atoms. The molecule has 2 N–H and O–H groups in total. The number of nitrogen functional groups attached to an aromatic ring is 1. The number of rotatable bonds is 6. The summed E-state index contributed by atoms with van der Waals surface area (Å²) in [6, 6.07) is 1.90. The van der Waals surface area contributed by atoms with E-state index in [1.807, 2.05) is 18.9 Å². The number of carbonyl (C=O) groups is 1. The van der Waals surface area contributed by atoms with Gasteiger partial charge in [0.25, 0.3) is 5.91 Å². The van der Waals surface area contributed by atoms with Gasteiger partial charge in [-0.1, -0.05) is 6.92 Å². The summed E-state index contributed by atoms with van der Waals surface area (Å²) in [5.41, 5.74) is 6.93. The number of nitrogens with two attached hydrogens (primary N) is 1. The molecule has 0 radical (unpaired) electrons. The van der Waals surface area contributed by atoms with Crippen LogP contribution >= 0.6 is 0 Å². The summed E-state index contributed by atoms with van der Waals surface area (Å²) in [5.74, 6) is 0.000556. The molecule has 1 unspecified atom stereocenters. The monoisotopic (exact) mass is 253 g/mol. The number of ether oxygens (including phenoxy) is 1. The number of aryl methyl sites for hydroxylation is 1. The van der Waals surface area contributed by atoms with Crippen molar-refractivity contribution in [1.29, 1.82) is 0 Å². The van der Waals surface area contributed by atoms with Gasteiger partial charge >= 0.3 is 0 Å². The van der Waals surface area contributed by atoms with Gasteiger partial charge in [0.1, 0.15) is 5.69 Å². The SMILES string of the molecule is CCC(C)N(CCOC)C(=O)c1cc(N)cn1C. The van der Waals surface area contributed by atoms with Crippen LogP contribution in [-0.4, -0.2) is 41.7 Å². The summed E-state index contributed by atoms with van der Waals surface area (Å²) in [5, 5.41) is 0. The number of carbonyl (C=O) groups excluding carboxylic acids is 1. The van der Waals surface area contributed by atoms with Crippen molar-refractivity contribution in [2.24, 2.45) is 7.05 Å². The van der Waals surface area contributed by atoms with E-state index >= 15 is 0 Å². The van der Waals surface area contributed by atoms with Gasteiger partial charge in [-0.15, -0.1) is 0 Å². The molecule has 1 heterocycles. The second kappa shape index (κ2) is 6.44. The molecule has 0 saturated heterocycles. The maximum absolute atomic E-state index is 12.5. The molecule has 0 fully saturated rings. The molecule has 1 rings (SSSR count). The summed E-state index contributed by atoms with van der Waals surface area (Å²) >= 11 is 0. The Labute approximate surface area is 109 Å². The number of anilines is 1. The quantitative estimate of drug-likeness (QED) is 0.835. The van der Waals surface area contributed by atoms with Crippen LogP contribution in [0.4, 0.5) is 5.69 Å². The Hall–Kier alpha value is -1.49. The zero-order chi connectivity index (χ0) is 13.7. The lowest BCUT2D eigenvalue weighted by atomic mass is 10.2. The summed E-state index contributed by atoms with van der Waals surface area (Å²) in [6.45, 7) is 5.24. The minimum Gasteiger partial charge on any atom is -0.397 e. The van der Waals surface area contributed by atoms with Crippen LogP contribution in [0.5, 0.6) is 0 Å². The van der Waals surface area contributed by atoms with Gasteiger partial charge in [-0.25, -0.2) is 0 Å². The Kier molecular flexibility index (Phi) is 5.22. The maximum Gasteiger partial charge on any atom is 0.270 e. The zero-order valence-electron chi connectivity index (χ0n) is 11.6. The Bertz CT molecular complexity index is 401. The first-order chi connectivity index (χ1) is 8.51. The molecule has 0 saturated carbocycles. The summed E-state index contributed by atoms with van der Waals surface area (Å²) in [7, 11) is 3.47. The van der Waals surface area contributed by atoms with Crippen molar-refractivity contribution in [3.63, 3.8) is 0 Å². The molecule has 0 aliphatic carbocycles. The van der Waals surface area contributed by atoms with Crippen LogP contribution in [0.2, 0.25) is 0 Å². The molecule has 5 nitrogen and oxygen atoms in total. The van der Waals surface area contributed by atoms with Gasteiger partial charge in [-0.2, -0.15) is 0 Å². The molecule has 18 heavy (non-hydrogen) atoms. The molecule has 0 aliphatic rings. The highest BCUT2D eigenvalue weighted by molar-refractivity contribution is 5.94. The van der Waals surface area contributed by atoms with E-state index in [2.05, 4.69) is 6.92 Å². The largest absolute Gasteiger partial charge is 0.397 e. The number of hydrogen-bond acceptors (Lipinski definition) is 3. The van der Waals surface area contributed by atoms with Crippen molar-refractivity contribution < 1.29 is 9.53 Å². The van der Waals surface area contributed by atoms with Gasteiger partial charge in [0, 0.05) is 32.9 Å². The molecular formula is C13H23N3O2. The molecule has 102 valence electrons. The van der Waals surface area contributed by atoms with Crippen LogP contribution in [0.15, 0.2) is 12.3 Å². The first kappa shape index (κ1) is 14.6. The predicted molar refractivity (Wildman–Crippen MR) is 72.5 cm³/mol. The van der Waals surface area contributed by atoms with Crippen LogP contribution in [0.3, 0.4) is 0 Å². The van der Waals surface area contributed by atoms with E-state index < -0.39 is 0 Å². The fourth-order valence-corrected chi connectivity index (χ4v) is 1.88. The topological polar surface area (TPSA) is 60.5 Å². The van der Waals surface area contributed by atoms with Crippen molar-refractivity contribution in [2.45, 2.75) is 26.3 Å². The molecular weight excluding hydrogens is 230 g/mol. The van der Waals surface area contributed by atoms with Gasteiger partial charge in [0.15, 0.2) is 0 Å². The van der Waals surface area contributed by atoms with E-state index in [1.54, 1.807) is 23.9 Å². The van der Waals surface area contributed by atoms with Gasteiger partial charge in [-0.05, 0) is 19.4 Å². The van der Waals surface area contributed by atoms with Crippen molar-refractivity contribution in [1.82, 2.24) is 9.47 Å². The maximum atomic E-state index is 12.5. The average molecular weight is 253 g/mol. The molecule has 1 amide bonds. The minimum atomic E-state index is 0.000556. The van der Waals surface area contributed by atoms with Crippen LogP contribution < -0.4 is 5.73 Å². The molecule has 0 bridgehead atoms. The Morgan fingerprint density at radius 3 is 2.72 bits per heavy atom. The van der Waals surface area contributed by atoms with Crippen molar-refractivity contribution >= 4 is 11.6 Å². The lowest BCUT2D eigenvalue weighted by Gasteiger charge is -2.28. The lowest BCUT2D eigenvalue weighted by molar-refractivity contribution is 0.0604. The minimum absolute atomic E-state index is 0.000556. The van der Waals surface area contributed by atoms with E-state index in [0.29, 0.717) is 24.5 Å². The highest BCUT2D eigenvalue weighted by atomic mass is 16.5. The van der Waals surface area contributed by atoms with Crippen LogP contribution in [0.1, 0.15) is 30.8 Å². The van der Waals surface area contributed by atoms with E-state index in [0.717, 1.165) is 6.42 Å². The third kappa shape index (κ3) is 3.26. The van der Waals surface area contributed by atoms with Crippen molar-refractivity contribution in [3.05, 3.63) is 18.0 Å². The molecule has 0 aromatic carbocycles. The number of methoxy groups -OCH3 is 1. The van der Waals surface area contributed by atoms with Crippen LogP contribution in [0.25, 0.3) is 0 Å². The molecule has 1 aromatic rings. The molecule has 0 aliphatic heterocycles. The van der Waals surface area contributed by atoms with Crippen molar-refractivity contribution in [3.8, 4) is 0 Å². The van der Waals surface area contributed by atoms with E-state index in [1.165, 1.54) is 0 Å². The van der Waals surface area contributed by atoms with E-state index in [9.17, 15) is 4.79 Å². The average Bonchev–Trinajstić information content (AvgIpc) is 2.68. The summed E-state index contributed by atoms with van der Waals surface area (Å²) in [4.78, 5) is 14.3. The fraction of sp³-hybridized carbons (Fsp3) is 0.615. The third-order valence-electron chi connectivity index (χ3n) is 3.17. The number of aromatic nitrogens is 1. The smallest absolute Gasteiger partial charge is 0.270 e. The summed E-state index contributed by atoms with van der Waals surface area (Å²) in [6.07, 6.45) is 2.66. The second-order valence-corrected chi connectivity index (χ2v) is 4.52. The van der Waals surface area contributed by atoms with Crippen molar-refractivity contribution in [2.75, 3.05) is 26.0 Å². The number of amides is 1. The first-order valence-corrected chi connectivity index (χ1v) is 6.23. The number of hydrogen-bond donors (Lipinski definition) is 1. The second-order valence-electron chi connectivity index (χ2n) is 4.52. The molecule has 5 heteroatoms. The van der Waals surface area contributed by atoms with E-state index in [-0.39, 0.29) is 11.9 Å². The highest BCUT2D eigenvalue weighted by Gasteiger charge is 2.22. The third-order valence-corrected chi connectivity index (χ3v) is 3.17. The number of nitrogens with zero attached hydrogens (tertiary/aromatic N) is 2. The fourth-order valence-electron chi connectivity index (χ4n) is 1.88. The zero-order valence-corrected chi connectivity index (χ0v) is 11.6. The van der Waals surface area contributed by atoms with Gasteiger partial charge < -0.3 is 19.9 Å². The van der Waals surface area contributed by atoms with Gasteiger partial charge in [-0.3, -0.25) is 4.79 Å². The normalized spacial score (nSPS) is 12.4. The van der Waals surface area contributed by atoms with Crippen LogP contribution in [-0.2, 0) is 11.8 Å². The first-order valence-electron chi connectivity index (χ1n) is 6.23. The Balaban J connectivity index is 2.91. The Morgan fingerprint density at radius 2 is 2.28 bits per heavy atom. The van der Waals surface area contributed by atoms with Gasteiger partial charge in [0.05, 0.1) is 12.3 Å². The highest BCUT2D eigenvalue weighted by Crippen LogP contribution is 2.14. The molecule has 1 atom stereocenters. The standard InChI is InChI=1S/C13H23N3O2/c1-5-10(2)16(6-7-18-4)13(17)12-8-11(14)9-15(12)3/h8-10H,5-7,14H2,1-4H3. The molecule has 1 aromatic heterocycles. The lowest BCUT2D eigenvalue weighted by Crippen LogP contribution is -2.41. The summed E-state index contributed by atoms with van der Waals surface area (Å²) < 4.78 is 6.83. The van der Waals surface area contributed by atoms with Crippen LogP contribution in [0, 0.1) is 0 Å². The van der Waals surface area contributed by atoms with E-state index in [4.69, 9.17) is 10.5 Å².